The van der Waals surface area contributed by atoms with Gasteiger partial charge in [0.25, 0.3) is 0 Å². The van der Waals surface area contributed by atoms with E-state index in [0.29, 0.717) is 6.54 Å². The first-order chi connectivity index (χ1) is 8.58. The Bertz CT molecular complexity index is 397. The quantitative estimate of drug-likeness (QED) is 0.753. The van der Waals surface area contributed by atoms with Crippen LogP contribution in [0.3, 0.4) is 0 Å². The van der Waals surface area contributed by atoms with Crippen LogP contribution in [0.2, 0.25) is 0 Å². The van der Waals surface area contributed by atoms with Crippen LogP contribution in [0.1, 0.15) is 31.0 Å². The normalized spacial score (nSPS) is 12.4. The summed E-state index contributed by atoms with van der Waals surface area (Å²) in [5.41, 5.74) is 2.43. The smallest absolute Gasteiger partial charge is 0.317 e. The fourth-order valence-corrected chi connectivity index (χ4v) is 1.94. The third-order valence-corrected chi connectivity index (χ3v) is 3.12. The largest absolute Gasteiger partial charge is 0.480 e. The molecule has 3 heteroatoms. The topological polar surface area (TPSA) is 40.5 Å². The van der Waals surface area contributed by atoms with E-state index in [1.807, 2.05) is 11.8 Å². The molecule has 1 aromatic carbocycles. The Labute approximate surface area is 109 Å². The van der Waals surface area contributed by atoms with E-state index in [4.69, 9.17) is 5.11 Å². The molecule has 1 rings (SSSR count). The van der Waals surface area contributed by atoms with Gasteiger partial charge in [0, 0.05) is 12.6 Å². The van der Waals surface area contributed by atoms with Crippen molar-refractivity contribution < 1.29 is 9.90 Å². The van der Waals surface area contributed by atoms with Crippen LogP contribution in [0.5, 0.6) is 0 Å². The van der Waals surface area contributed by atoms with Crippen LogP contribution in [-0.2, 0) is 11.2 Å². The fourth-order valence-electron chi connectivity index (χ4n) is 1.94. The number of carbonyl (C=O) groups is 1. The Morgan fingerprint density at radius 3 is 2.50 bits per heavy atom. The molecule has 0 bridgehead atoms. The van der Waals surface area contributed by atoms with Crippen LogP contribution >= 0.6 is 0 Å². The van der Waals surface area contributed by atoms with Gasteiger partial charge in [0.15, 0.2) is 0 Å². The molecule has 0 aliphatic rings. The van der Waals surface area contributed by atoms with Crippen molar-refractivity contribution in [3.05, 3.63) is 48.0 Å². The van der Waals surface area contributed by atoms with Crippen molar-refractivity contribution in [3.63, 3.8) is 0 Å². The second kappa shape index (κ2) is 6.97. The number of nitrogens with zero attached hydrogens (tertiary/aromatic N) is 1. The highest BCUT2D eigenvalue weighted by Crippen LogP contribution is 2.20. The minimum absolute atomic E-state index is 0.0305. The number of hydrogen-bond acceptors (Lipinski definition) is 2. The lowest BCUT2D eigenvalue weighted by molar-refractivity contribution is -0.138. The predicted molar refractivity (Wildman–Crippen MR) is 73.6 cm³/mol. The van der Waals surface area contributed by atoms with Crippen LogP contribution < -0.4 is 0 Å². The van der Waals surface area contributed by atoms with E-state index in [0.717, 1.165) is 12.0 Å². The Kier molecular flexibility index (Phi) is 5.59. The molecule has 0 aromatic heterocycles. The molecule has 3 nitrogen and oxygen atoms in total. The van der Waals surface area contributed by atoms with E-state index in [2.05, 4.69) is 37.8 Å². The van der Waals surface area contributed by atoms with Gasteiger partial charge >= 0.3 is 5.97 Å². The Morgan fingerprint density at radius 1 is 1.44 bits per heavy atom. The summed E-state index contributed by atoms with van der Waals surface area (Å²) in [7, 11) is 0. The van der Waals surface area contributed by atoms with E-state index in [9.17, 15) is 4.79 Å². The van der Waals surface area contributed by atoms with Crippen LogP contribution in [0, 0.1) is 0 Å². The maximum absolute atomic E-state index is 10.8. The van der Waals surface area contributed by atoms with Crippen molar-refractivity contribution in [2.45, 2.75) is 26.3 Å². The molecule has 0 saturated carbocycles. The lowest BCUT2D eigenvalue weighted by atomic mass is 10.0. The van der Waals surface area contributed by atoms with Gasteiger partial charge in [-0.15, -0.1) is 6.58 Å². The standard InChI is InChI=1S/C15H21NO2/c1-4-10-16(11-15(17)18)12(3)14-8-6-13(5-2)7-9-14/h4,6-9,12H,1,5,10-11H2,2-3H3,(H,17,18). The molecular weight excluding hydrogens is 226 g/mol. The van der Waals surface area contributed by atoms with Gasteiger partial charge in [-0.2, -0.15) is 0 Å². The molecule has 0 heterocycles. The number of carboxylic acid groups (broad SMARTS) is 1. The molecule has 0 aliphatic heterocycles. The number of rotatable bonds is 7. The molecule has 1 N–H and O–H groups in total. The summed E-state index contributed by atoms with van der Waals surface area (Å²) in [6.07, 6.45) is 2.75. The Balaban J connectivity index is 2.82. The summed E-state index contributed by atoms with van der Waals surface area (Å²) in [4.78, 5) is 12.7. The fraction of sp³-hybridized carbons (Fsp3) is 0.400. The molecule has 0 saturated heterocycles. The van der Waals surface area contributed by atoms with Gasteiger partial charge in [0.1, 0.15) is 0 Å². The number of benzene rings is 1. The van der Waals surface area contributed by atoms with Gasteiger partial charge in [-0.25, -0.2) is 0 Å². The predicted octanol–water partition coefficient (Wildman–Crippen LogP) is 2.88. The summed E-state index contributed by atoms with van der Waals surface area (Å²) >= 11 is 0. The molecule has 0 aliphatic carbocycles. The van der Waals surface area contributed by atoms with Gasteiger partial charge in [-0.3, -0.25) is 9.69 Å². The van der Waals surface area contributed by atoms with Crippen LogP contribution in [0.15, 0.2) is 36.9 Å². The first-order valence-corrected chi connectivity index (χ1v) is 6.24. The van der Waals surface area contributed by atoms with Gasteiger partial charge in [0.2, 0.25) is 0 Å². The lowest BCUT2D eigenvalue weighted by Gasteiger charge is -2.26. The molecule has 0 amide bonds. The molecule has 18 heavy (non-hydrogen) atoms. The first kappa shape index (κ1) is 14.5. The zero-order valence-electron chi connectivity index (χ0n) is 11.1. The second-order valence-corrected chi connectivity index (χ2v) is 4.38. The molecule has 1 unspecified atom stereocenters. The van der Waals surface area contributed by atoms with Crippen molar-refractivity contribution in [3.8, 4) is 0 Å². The zero-order chi connectivity index (χ0) is 13.5. The minimum atomic E-state index is -0.811. The number of carboxylic acids is 1. The summed E-state index contributed by atoms with van der Waals surface area (Å²) in [6, 6.07) is 8.41. The van der Waals surface area contributed by atoms with Crippen LogP contribution in [0.25, 0.3) is 0 Å². The third-order valence-electron chi connectivity index (χ3n) is 3.12. The average molecular weight is 247 g/mol. The van der Waals surface area contributed by atoms with Gasteiger partial charge in [-0.05, 0) is 24.5 Å². The van der Waals surface area contributed by atoms with E-state index in [1.165, 1.54) is 5.56 Å². The van der Waals surface area contributed by atoms with Crippen LogP contribution in [-0.4, -0.2) is 29.1 Å². The second-order valence-electron chi connectivity index (χ2n) is 4.38. The van der Waals surface area contributed by atoms with E-state index in [-0.39, 0.29) is 12.6 Å². The van der Waals surface area contributed by atoms with Crippen molar-refractivity contribution in [1.29, 1.82) is 0 Å². The lowest BCUT2D eigenvalue weighted by Crippen LogP contribution is -2.32. The average Bonchev–Trinajstić information content (AvgIpc) is 2.37. The van der Waals surface area contributed by atoms with E-state index in [1.54, 1.807) is 6.08 Å². The van der Waals surface area contributed by atoms with E-state index >= 15 is 0 Å². The third kappa shape index (κ3) is 4.00. The zero-order valence-corrected chi connectivity index (χ0v) is 11.1. The van der Waals surface area contributed by atoms with E-state index < -0.39 is 5.97 Å². The van der Waals surface area contributed by atoms with Crippen LogP contribution in [0.4, 0.5) is 0 Å². The molecular formula is C15H21NO2. The van der Waals surface area contributed by atoms with Gasteiger partial charge < -0.3 is 5.11 Å². The molecule has 0 fully saturated rings. The molecule has 0 spiro atoms. The molecule has 1 atom stereocenters. The highest BCUT2D eigenvalue weighted by molar-refractivity contribution is 5.69. The first-order valence-electron chi connectivity index (χ1n) is 6.24. The monoisotopic (exact) mass is 247 g/mol. The Morgan fingerprint density at radius 2 is 2.06 bits per heavy atom. The molecule has 98 valence electrons. The van der Waals surface area contributed by atoms with Crippen molar-refractivity contribution in [2.75, 3.05) is 13.1 Å². The molecule has 0 radical (unpaired) electrons. The number of aryl methyl sites for hydroxylation is 1. The van der Waals surface area contributed by atoms with Crippen molar-refractivity contribution in [2.24, 2.45) is 0 Å². The SMILES string of the molecule is C=CCN(CC(=O)O)C(C)c1ccc(CC)cc1. The minimum Gasteiger partial charge on any atom is -0.480 e. The summed E-state index contributed by atoms with van der Waals surface area (Å²) in [5.74, 6) is -0.811. The molecule has 1 aromatic rings. The van der Waals surface area contributed by atoms with Crippen molar-refractivity contribution >= 4 is 5.97 Å². The number of aliphatic carboxylic acids is 1. The summed E-state index contributed by atoms with van der Waals surface area (Å²) < 4.78 is 0. The van der Waals surface area contributed by atoms with Gasteiger partial charge in [0.05, 0.1) is 6.54 Å². The Hall–Kier alpha value is -1.61. The highest BCUT2D eigenvalue weighted by atomic mass is 16.4. The summed E-state index contributed by atoms with van der Waals surface area (Å²) in [5, 5.41) is 8.91. The summed E-state index contributed by atoms with van der Waals surface area (Å²) in [6.45, 7) is 8.42. The maximum Gasteiger partial charge on any atom is 0.317 e. The van der Waals surface area contributed by atoms with Gasteiger partial charge in [-0.1, -0.05) is 37.3 Å². The maximum atomic E-state index is 10.8. The number of hydrogen-bond donors (Lipinski definition) is 1. The highest BCUT2D eigenvalue weighted by Gasteiger charge is 2.17. The van der Waals surface area contributed by atoms with Crippen molar-refractivity contribution in [1.82, 2.24) is 4.90 Å².